The third-order valence-electron chi connectivity index (χ3n) is 7.21. The highest BCUT2D eigenvalue weighted by atomic mass is 32.2. The Morgan fingerprint density at radius 3 is 2.67 bits per heavy atom. The highest BCUT2D eigenvalue weighted by molar-refractivity contribution is 7.93. The lowest BCUT2D eigenvalue weighted by Crippen LogP contribution is -2.24. The van der Waals surface area contributed by atoms with Crippen LogP contribution in [0.2, 0.25) is 0 Å². The van der Waals surface area contributed by atoms with Gasteiger partial charge in [0.2, 0.25) is 10.2 Å². The molecule has 43 heavy (non-hydrogen) atoms. The second-order valence-corrected chi connectivity index (χ2v) is 13.7. The van der Waals surface area contributed by atoms with Crippen molar-refractivity contribution in [1.82, 2.24) is 24.8 Å². The zero-order valence-electron chi connectivity index (χ0n) is 22.9. The molecule has 0 radical (unpaired) electrons. The smallest absolute Gasteiger partial charge is 0.260 e. The van der Waals surface area contributed by atoms with Gasteiger partial charge in [-0.2, -0.15) is 4.98 Å². The van der Waals surface area contributed by atoms with E-state index in [1.165, 1.54) is 22.7 Å². The third kappa shape index (κ3) is 6.05. The summed E-state index contributed by atoms with van der Waals surface area (Å²) in [5, 5.41) is 15.5. The molecule has 1 fully saturated rings. The maximum atomic E-state index is 14.0. The number of pyridine rings is 1. The zero-order valence-corrected chi connectivity index (χ0v) is 25.3. The van der Waals surface area contributed by atoms with Crippen LogP contribution in [-0.2, 0) is 17.7 Å². The number of fused-ring (bicyclic) bond motifs is 1. The van der Waals surface area contributed by atoms with E-state index in [9.17, 15) is 9.35 Å². The van der Waals surface area contributed by atoms with E-state index in [0.717, 1.165) is 40.1 Å². The first-order valence-corrected chi connectivity index (χ1v) is 16.7. The summed E-state index contributed by atoms with van der Waals surface area (Å²) in [4.78, 5) is 28.4. The van der Waals surface area contributed by atoms with Crippen LogP contribution in [0.1, 0.15) is 11.4 Å². The number of hydrogen-bond donors (Lipinski definition) is 3. The molecule has 2 unspecified atom stereocenters. The van der Waals surface area contributed by atoms with Gasteiger partial charge >= 0.3 is 0 Å². The molecule has 5 heterocycles. The second kappa shape index (κ2) is 12.3. The topological polar surface area (TPSA) is 120 Å². The lowest BCUT2D eigenvalue weighted by atomic mass is 10.1. The van der Waals surface area contributed by atoms with E-state index in [1.807, 2.05) is 77.5 Å². The predicted molar refractivity (Wildman–Crippen MR) is 174 cm³/mol. The largest absolute Gasteiger partial charge is 0.606 e. The van der Waals surface area contributed by atoms with Crippen molar-refractivity contribution in [1.29, 1.82) is 0 Å². The number of thiazole rings is 1. The molecular formula is C31H27N7O2S3. The number of benzene rings is 2. The lowest BCUT2D eigenvalue weighted by Gasteiger charge is -2.14. The highest BCUT2D eigenvalue weighted by Gasteiger charge is 2.20. The van der Waals surface area contributed by atoms with Gasteiger partial charge in [-0.25, -0.2) is 9.97 Å². The van der Waals surface area contributed by atoms with Crippen molar-refractivity contribution < 1.29 is 4.55 Å². The number of thiophene rings is 1. The fraction of sp³-hybridized carbons (Fsp3) is 0.161. The summed E-state index contributed by atoms with van der Waals surface area (Å²) < 4.78 is 15.6. The lowest BCUT2D eigenvalue weighted by molar-refractivity contribution is 0.597. The average molecular weight is 626 g/mol. The number of nitrogens with one attached hydrogen (secondary N) is 3. The van der Waals surface area contributed by atoms with Crippen LogP contribution in [0.5, 0.6) is 0 Å². The molecule has 7 rings (SSSR count). The van der Waals surface area contributed by atoms with Crippen LogP contribution in [0.3, 0.4) is 0 Å². The summed E-state index contributed by atoms with van der Waals surface area (Å²) in [6.07, 6.45) is 4.56. The zero-order chi connectivity index (χ0) is 29.2. The number of nitrogens with zero attached hydrogens (tertiary/aromatic N) is 4. The molecule has 0 aliphatic carbocycles. The Bertz CT molecular complexity index is 1900. The van der Waals surface area contributed by atoms with E-state index in [0.29, 0.717) is 39.0 Å². The Hall–Kier alpha value is -4.07. The molecule has 1 saturated heterocycles. The maximum Gasteiger partial charge on any atom is 0.260 e. The summed E-state index contributed by atoms with van der Waals surface area (Å²) >= 11 is 1.60. The van der Waals surface area contributed by atoms with Crippen molar-refractivity contribution in [2.75, 3.05) is 23.7 Å². The van der Waals surface area contributed by atoms with Crippen molar-refractivity contribution in [2.45, 2.75) is 28.1 Å². The van der Waals surface area contributed by atoms with Gasteiger partial charge < -0.3 is 20.5 Å². The minimum atomic E-state index is -1.33. The van der Waals surface area contributed by atoms with E-state index >= 15 is 0 Å². The molecule has 4 aromatic heterocycles. The van der Waals surface area contributed by atoms with Gasteiger partial charge in [0.1, 0.15) is 10.7 Å². The quantitative estimate of drug-likeness (QED) is 0.175. The first-order valence-electron chi connectivity index (χ1n) is 13.8. The van der Waals surface area contributed by atoms with E-state index in [1.54, 1.807) is 17.0 Å². The minimum absolute atomic E-state index is 0.205. The standard InChI is InChI=1S/C31H27N7O2S3/c39-30-26(20-3-1-4-25(15-20)43(40)28-5-2-13-42-28)16-21-17-34-31(37-29(21)38(30)19-27-33-12-14-41-27)36-23-8-6-22(7-9-23)35-24-10-11-32-18-24/h1-9,12-17,24,32,35H,10-11,18-19H2,(H,34,36,37). The normalized spacial score (nSPS) is 15.5. The molecule has 1 aliphatic rings. The fourth-order valence-electron chi connectivity index (χ4n) is 5.10. The highest BCUT2D eigenvalue weighted by Crippen LogP contribution is 2.29. The average Bonchev–Trinajstić information content (AvgIpc) is 3.84. The van der Waals surface area contributed by atoms with E-state index in [4.69, 9.17) is 4.98 Å². The molecule has 0 bridgehead atoms. The van der Waals surface area contributed by atoms with Crippen LogP contribution >= 0.6 is 22.7 Å². The van der Waals surface area contributed by atoms with Gasteiger partial charge in [-0.15, -0.1) is 11.3 Å². The Balaban J connectivity index is 1.23. The van der Waals surface area contributed by atoms with Gasteiger partial charge in [0.05, 0.1) is 6.54 Å². The summed E-state index contributed by atoms with van der Waals surface area (Å²) in [7, 11) is 0. The summed E-state index contributed by atoms with van der Waals surface area (Å²) in [5.74, 6) is 0.390. The molecule has 216 valence electrons. The molecule has 2 atom stereocenters. The Kier molecular flexibility index (Phi) is 7.92. The van der Waals surface area contributed by atoms with Crippen LogP contribution in [0, 0.1) is 0 Å². The third-order valence-corrected chi connectivity index (χ3v) is 10.6. The maximum absolute atomic E-state index is 14.0. The number of hydrogen-bond acceptors (Lipinski definition) is 10. The number of rotatable bonds is 9. The molecule has 0 spiro atoms. The Morgan fingerprint density at radius 2 is 1.91 bits per heavy atom. The summed E-state index contributed by atoms with van der Waals surface area (Å²) in [6.45, 7) is 2.28. The second-order valence-electron chi connectivity index (χ2n) is 10.1. The first-order chi connectivity index (χ1) is 21.1. The number of anilines is 3. The van der Waals surface area contributed by atoms with Crippen LogP contribution in [0.15, 0.2) is 104 Å². The first kappa shape index (κ1) is 27.7. The molecule has 0 saturated carbocycles. The monoisotopic (exact) mass is 625 g/mol. The minimum Gasteiger partial charge on any atom is -0.606 e. The summed E-state index contributed by atoms with van der Waals surface area (Å²) in [5.41, 5.74) is 3.38. The van der Waals surface area contributed by atoms with Crippen molar-refractivity contribution in [3.8, 4) is 11.1 Å². The molecule has 3 N–H and O–H groups in total. The van der Waals surface area contributed by atoms with Gasteiger partial charge in [-0.3, -0.25) is 9.36 Å². The molecule has 9 nitrogen and oxygen atoms in total. The van der Waals surface area contributed by atoms with Crippen LogP contribution < -0.4 is 21.5 Å². The van der Waals surface area contributed by atoms with Crippen molar-refractivity contribution in [2.24, 2.45) is 0 Å². The van der Waals surface area contributed by atoms with Gasteiger partial charge in [-0.05, 0) is 66.4 Å². The van der Waals surface area contributed by atoms with E-state index in [2.05, 4.69) is 25.9 Å². The molecule has 6 aromatic rings. The van der Waals surface area contributed by atoms with Gasteiger partial charge in [-0.1, -0.05) is 23.5 Å². The SMILES string of the molecule is O=c1c(-c2cccc([S+]([O-])c3cccs3)c2)cc2cnc(Nc3ccc(NC4CCNC4)cc3)nc2n1Cc1nccs1. The van der Waals surface area contributed by atoms with Crippen molar-refractivity contribution in [3.63, 3.8) is 0 Å². The number of aromatic nitrogens is 4. The fourth-order valence-corrected chi connectivity index (χ4v) is 7.82. The Morgan fingerprint density at radius 1 is 1.02 bits per heavy atom. The van der Waals surface area contributed by atoms with E-state index < -0.39 is 11.2 Å². The molecule has 2 aromatic carbocycles. The van der Waals surface area contributed by atoms with Crippen LogP contribution in [0.4, 0.5) is 17.3 Å². The molecule has 12 heteroatoms. The van der Waals surface area contributed by atoms with Crippen LogP contribution in [-0.4, -0.2) is 43.2 Å². The van der Waals surface area contributed by atoms with Gasteiger partial charge in [0.15, 0.2) is 4.90 Å². The van der Waals surface area contributed by atoms with E-state index in [-0.39, 0.29) is 12.1 Å². The summed E-state index contributed by atoms with van der Waals surface area (Å²) in [6, 6.07) is 21.4. The Labute approximate surface area is 258 Å². The van der Waals surface area contributed by atoms with Crippen molar-refractivity contribution in [3.05, 3.63) is 105 Å². The molecule has 0 amide bonds. The van der Waals surface area contributed by atoms with Gasteiger partial charge in [0.25, 0.3) is 5.56 Å². The molecule has 1 aliphatic heterocycles. The van der Waals surface area contributed by atoms with Gasteiger partial charge in [0, 0.05) is 76.0 Å². The molecular weight excluding hydrogens is 599 g/mol. The van der Waals surface area contributed by atoms with Crippen molar-refractivity contribution >= 4 is 62.2 Å². The predicted octanol–water partition coefficient (Wildman–Crippen LogP) is 5.71. The van der Waals surface area contributed by atoms with Crippen LogP contribution in [0.25, 0.3) is 22.2 Å².